The zero-order chi connectivity index (χ0) is 38.9. The second kappa shape index (κ2) is 13.2. The van der Waals surface area contributed by atoms with Gasteiger partial charge in [0.2, 0.25) is 0 Å². The molecule has 0 amide bonds. The van der Waals surface area contributed by atoms with Gasteiger partial charge < -0.3 is 8.83 Å². The zero-order valence-electron chi connectivity index (χ0n) is 31.5. The predicted molar refractivity (Wildman–Crippen MR) is 236 cm³/mol. The summed E-state index contributed by atoms with van der Waals surface area (Å²) in [6, 6.07) is 61.9. The third-order valence-corrected chi connectivity index (χ3v) is 11.1. The Morgan fingerprint density at radius 1 is 0.322 bits per heavy atom. The molecule has 59 heavy (non-hydrogen) atoms. The van der Waals surface area contributed by atoms with Crippen LogP contribution in [-0.4, -0.2) is 24.3 Å². The molecule has 12 rings (SSSR count). The van der Waals surface area contributed by atoms with Crippen molar-refractivity contribution in [2.45, 2.75) is 0 Å². The Kier molecular flexibility index (Phi) is 7.40. The van der Waals surface area contributed by atoms with Crippen LogP contribution in [0, 0.1) is 0 Å². The van der Waals surface area contributed by atoms with Crippen LogP contribution in [0.25, 0.3) is 117 Å². The monoisotopic (exact) mass is 757 g/mol. The fourth-order valence-electron chi connectivity index (χ4n) is 8.23. The molecule has 0 unspecified atom stereocenters. The Morgan fingerprint density at radius 3 is 1.63 bits per heavy atom. The molecule has 7 aromatic carbocycles. The summed E-state index contributed by atoms with van der Waals surface area (Å²) in [5.74, 6) is 1.88. The van der Waals surface area contributed by atoms with Crippen LogP contribution in [0.5, 0.6) is 0 Å². The topological polar surface area (TPSA) is 82.2 Å². The van der Waals surface area contributed by atoms with E-state index in [2.05, 4.69) is 95.5 Å². The Bertz CT molecular complexity index is 3510. The first-order chi connectivity index (χ1) is 29.2. The quantitative estimate of drug-likeness (QED) is 0.168. The van der Waals surface area contributed by atoms with Gasteiger partial charge in [0.15, 0.2) is 17.5 Å². The summed E-state index contributed by atoms with van der Waals surface area (Å²) < 4.78 is 14.9. The highest BCUT2D eigenvalue weighted by Crippen LogP contribution is 2.40. The van der Waals surface area contributed by atoms with Crippen molar-refractivity contribution < 1.29 is 8.83 Å². The van der Waals surface area contributed by atoms with Gasteiger partial charge in [0.05, 0.1) is 11.4 Å². The molecule has 276 valence electrons. The molecular weight excluding hydrogens is 727 g/mol. The van der Waals surface area contributed by atoms with Crippen molar-refractivity contribution in [3.05, 3.63) is 188 Å². The number of rotatable bonds is 6. The molecule has 0 aliphatic rings. The molecule has 5 aromatic heterocycles. The summed E-state index contributed by atoms with van der Waals surface area (Å²) in [5.41, 5.74) is 13.0. The van der Waals surface area contributed by atoms with E-state index in [4.69, 9.17) is 28.8 Å². The number of imidazole rings is 1. The van der Waals surface area contributed by atoms with Crippen molar-refractivity contribution >= 4 is 49.5 Å². The summed E-state index contributed by atoms with van der Waals surface area (Å²) in [7, 11) is 0. The maximum absolute atomic E-state index is 6.55. The Labute approximate surface area is 337 Å². The highest BCUT2D eigenvalue weighted by atomic mass is 16.3. The molecule has 0 spiro atoms. The number of hydrogen-bond donors (Lipinski definition) is 0. The first-order valence-corrected chi connectivity index (χ1v) is 19.5. The van der Waals surface area contributed by atoms with Crippen molar-refractivity contribution in [2.24, 2.45) is 0 Å². The maximum Gasteiger partial charge on any atom is 0.164 e. The Balaban J connectivity index is 0.940. The van der Waals surface area contributed by atoms with Crippen molar-refractivity contribution in [1.29, 1.82) is 0 Å². The standard InChI is InChI=1S/C52H31N5O2/c1-3-12-32(13-4-1)50-54-51(33-14-5-2-6-15-33)56-52(55-50)38-17-11-16-34(28-38)35-22-25-45-41(29-35)40-24-21-36(31-46(40)59-45)48-49(57-27-10-9-20-47(57)53-48)37-23-26-44-42(30-37)39-18-7-8-19-43(39)58-44/h1-31H. The van der Waals surface area contributed by atoms with Crippen molar-refractivity contribution in [1.82, 2.24) is 24.3 Å². The normalized spacial score (nSPS) is 11.7. The van der Waals surface area contributed by atoms with Crippen LogP contribution in [0.15, 0.2) is 197 Å². The van der Waals surface area contributed by atoms with E-state index < -0.39 is 0 Å². The van der Waals surface area contributed by atoms with E-state index in [0.717, 1.165) is 99.9 Å². The van der Waals surface area contributed by atoms with E-state index in [-0.39, 0.29) is 0 Å². The first kappa shape index (κ1) is 33.0. The molecule has 0 fully saturated rings. The Morgan fingerprint density at radius 2 is 0.864 bits per heavy atom. The fraction of sp³-hybridized carbons (Fsp3) is 0. The van der Waals surface area contributed by atoms with E-state index in [9.17, 15) is 0 Å². The lowest BCUT2D eigenvalue weighted by Crippen LogP contribution is -2.00. The lowest BCUT2D eigenvalue weighted by Gasteiger charge is -2.09. The third-order valence-electron chi connectivity index (χ3n) is 11.1. The number of hydrogen-bond acceptors (Lipinski definition) is 6. The molecule has 0 saturated heterocycles. The smallest absolute Gasteiger partial charge is 0.164 e. The van der Waals surface area contributed by atoms with E-state index in [1.165, 1.54) is 0 Å². The predicted octanol–water partition coefficient (Wildman–Crippen LogP) is 13.3. The van der Waals surface area contributed by atoms with Crippen LogP contribution in [0.1, 0.15) is 0 Å². The number of fused-ring (bicyclic) bond motifs is 7. The largest absolute Gasteiger partial charge is 0.456 e. The molecule has 5 heterocycles. The lowest BCUT2D eigenvalue weighted by atomic mass is 9.99. The van der Waals surface area contributed by atoms with Gasteiger partial charge in [-0.2, -0.15) is 0 Å². The van der Waals surface area contributed by atoms with Crippen LogP contribution >= 0.6 is 0 Å². The van der Waals surface area contributed by atoms with Crippen LogP contribution in [-0.2, 0) is 0 Å². The van der Waals surface area contributed by atoms with Gasteiger partial charge in [-0.25, -0.2) is 19.9 Å². The number of benzene rings is 7. The summed E-state index contributed by atoms with van der Waals surface area (Å²) >= 11 is 0. The molecule has 12 aromatic rings. The second-order valence-corrected chi connectivity index (χ2v) is 14.7. The van der Waals surface area contributed by atoms with Crippen LogP contribution in [0.3, 0.4) is 0 Å². The molecule has 7 heteroatoms. The average Bonchev–Trinajstić information content (AvgIpc) is 4.00. The molecule has 0 aliphatic carbocycles. The average molecular weight is 758 g/mol. The summed E-state index contributed by atoms with van der Waals surface area (Å²) in [5, 5.41) is 4.25. The van der Waals surface area contributed by atoms with Gasteiger partial charge in [-0.1, -0.05) is 115 Å². The SMILES string of the molecule is c1ccc(-c2nc(-c3ccccc3)nc(-c3cccc(-c4ccc5oc6cc(-c7nc8ccccn8c7-c7ccc8oc9ccccc9c8c7)ccc6c5c4)c3)n2)cc1. The highest BCUT2D eigenvalue weighted by Gasteiger charge is 2.20. The minimum Gasteiger partial charge on any atom is -0.456 e. The minimum atomic E-state index is 0.617. The van der Waals surface area contributed by atoms with Gasteiger partial charge in [-0.05, 0) is 77.9 Å². The van der Waals surface area contributed by atoms with Crippen molar-refractivity contribution in [2.75, 3.05) is 0 Å². The van der Waals surface area contributed by atoms with Crippen molar-refractivity contribution in [3.63, 3.8) is 0 Å². The van der Waals surface area contributed by atoms with Gasteiger partial charge in [0.25, 0.3) is 0 Å². The van der Waals surface area contributed by atoms with Crippen molar-refractivity contribution in [3.8, 4) is 67.8 Å². The summed E-state index contributed by atoms with van der Waals surface area (Å²) in [6.45, 7) is 0. The summed E-state index contributed by atoms with van der Waals surface area (Å²) in [4.78, 5) is 20.0. The number of furan rings is 2. The number of aromatic nitrogens is 5. The second-order valence-electron chi connectivity index (χ2n) is 14.7. The van der Waals surface area contributed by atoms with Crippen LogP contribution in [0.2, 0.25) is 0 Å². The van der Waals surface area contributed by atoms with Gasteiger partial charge >= 0.3 is 0 Å². The van der Waals surface area contributed by atoms with Gasteiger partial charge in [-0.3, -0.25) is 4.40 Å². The van der Waals surface area contributed by atoms with E-state index in [1.807, 2.05) is 97.1 Å². The maximum atomic E-state index is 6.55. The van der Waals surface area contributed by atoms with Crippen LogP contribution in [0.4, 0.5) is 0 Å². The highest BCUT2D eigenvalue weighted by molar-refractivity contribution is 6.09. The molecule has 0 aliphatic heterocycles. The number of pyridine rings is 1. The van der Waals surface area contributed by atoms with Gasteiger partial charge in [-0.15, -0.1) is 0 Å². The van der Waals surface area contributed by atoms with Gasteiger partial charge in [0.1, 0.15) is 28.0 Å². The molecule has 0 radical (unpaired) electrons. The zero-order valence-corrected chi connectivity index (χ0v) is 31.5. The first-order valence-electron chi connectivity index (χ1n) is 19.5. The Hall–Kier alpha value is -8.16. The molecule has 7 nitrogen and oxygen atoms in total. The fourth-order valence-corrected chi connectivity index (χ4v) is 8.23. The third kappa shape index (κ3) is 5.59. The molecule has 0 N–H and O–H groups in total. The lowest BCUT2D eigenvalue weighted by molar-refractivity contribution is 0.668. The minimum absolute atomic E-state index is 0.617. The molecule has 0 atom stereocenters. The van der Waals surface area contributed by atoms with E-state index in [0.29, 0.717) is 17.5 Å². The molecule has 0 saturated carbocycles. The van der Waals surface area contributed by atoms with E-state index in [1.54, 1.807) is 0 Å². The molecule has 0 bridgehead atoms. The van der Waals surface area contributed by atoms with Gasteiger partial charge in [0, 0.05) is 55.6 Å². The van der Waals surface area contributed by atoms with E-state index >= 15 is 0 Å². The molecular formula is C52H31N5O2. The number of para-hydroxylation sites is 1. The summed E-state index contributed by atoms with van der Waals surface area (Å²) in [6.07, 6.45) is 2.07. The number of nitrogens with zero attached hydrogens (tertiary/aromatic N) is 5. The van der Waals surface area contributed by atoms with Crippen LogP contribution < -0.4 is 0 Å².